The zero-order chi connectivity index (χ0) is 15.2. The van der Waals surface area contributed by atoms with Crippen LogP contribution >= 0.6 is 11.8 Å². The lowest BCUT2D eigenvalue weighted by Gasteiger charge is -2.21. The number of carbonyl (C=O) groups is 1. The molecule has 1 aromatic carbocycles. The molecule has 1 aromatic rings. The van der Waals surface area contributed by atoms with Crippen LogP contribution in [-0.2, 0) is 4.79 Å². The minimum atomic E-state index is 0.00539. The number of amides is 1. The fourth-order valence-electron chi connectivity index (χ4n) is 2.42. The van der Waals surface area contributed by atoms with Crippen molar-refractivity contribution in [2.75, 3.05) is 36.8 Å². The molecule has 1 aliphatic rings. The molecule has 1 amide bonds. The molecule has 1 saturated heterocycles. The third-order valence-corrected chi connectivity index (χ3v) is 4.69. The van der Waals surface area contributed by atoms with Gasteiger partial charge in [-0.15, -0.1) is 0 Å². The Balaban J connectivity index is 2.02. The number of thioether (sulfide) groups is 1. The Morgan fingerprint density at radius 3 is 2.52 bits per heavy atom. The van der Waals surface area contributed by atoms with E-state index in [0.717, 1.165) is 24.3 Å². The molecule has 0 saturated carbocycles. The number of nitrogens with two attached hydrogens (primary N) is 1. The van der Waals surface area contributed by atoms with Gasteiger partial charge in [-0.2, -0.15) is 11.8 Å². The number of anilines is 2. The lowest BCUT2D eigenvalue weighted by atomic mass is 9.98. The van der Waals surface area contributed by atoms with Crippen LogP contribution < -0.4 is 20.5 Å². The van der Waals surface area contributed by atoms with Gasteiger partial charge >= 0.3 is 0 Å². The highest BCUT2D eigenvalue weighted by Crippen LogP contribution is 2.35. The van der Waals surface area contributed by atoms with Crippen LogP contribution in [0.1, 0.15) is 19.3 Å². The monoisotopic (exact) mass is 310 g/mol. The Labute approximate surface area is 129 Å². The summed E-state index contributed by atoms with van der Waals surface area (Å²) in [5, 5.41) is 2.88. The van der Waals surface area contributed by atoms with E-state index in [9.17, 15) is 4.79 Å². The maximum Gasteiger partial charge on any atom is 0.224 e. The molecule has 1 aliphatic heterocycles. The first-order valence-corrected chi connectivity index (χ1v) is 8.18. The molecule has 1 fully saturated rings. The molecule has 0 aromatic heterocycles. The fourth-order valence-corrected chi connectivity index (χ4v) is 3.62. The molecule has 0 radical (unpaired) electrons. The van der Waals surface area contributed by atoms with E-state index in [1.54, 1.807) is 26.4 Å². The Morgan fingerprint density at radius 2 is 1.90 bits per heavy atom. The normalized spacial score (nSPS) is 15.5. The van der Waals surface area contributed by atoms with Gasteiger partial charge in [0.15, 0.2) is 11.5 Å². The zero-order valence-electron chi connectivity index (χ0n) is 12.5. The minimum Gasteiger partial charge on any atom is -0.493 e. The van der Waals surface area contributed by atoms with Gasteiger partial charge in [0.2, 0.25) is 5.91 Å². The molecular weight excluding hydrogens is 288 g/mol. The van der Waals surface area contributed by atoms with Crippen molar-refractivity contribution in [2.24, 2.45) is 5.92 Å². The van der Waals surface area contributed by atoms with Gasteiger partial charge in [-0.1, -0.05) is 0 Å². The smallest absolute Gasteiger partial charge is 0.224 e. The van der Waals surface area contributed by atoms with Gasteiger partial charge in [-0.3, -0.25) is 4.79 Å². The second-order valence-electron chi connectivity index (χ2n) is 5.10. The summed E-state index contributed by atoms with van der Waals surface area (Å²) >= 11 is 1.96. The Bertz CT molecular complexity index is 502. The Hall–Kier alpha value is -1.56. The first-order valence-electron chi connectivity index (χ1n) is 7.03. The van der Waals surface area contributed by atoms with Gasteiger partial charge < -0.3 is 20.5 Å². The highest BCUT2D eigenvalue weighted by molar-refractivity contribution is 7.99. The lowest BCUT2D eigenvalue weighted by Crippen LogP contribution is -2.20. The molecule has 6 heteroatoms. The minimum absolute atomic E-state index is 0.00539. The predicted octanol–water partition coefficient (Wildman–Crippen LogP) is 2.76. The second-order valence-corrected chi connectivity index (χ2v) is 6.33. The first kappa shape index (κ1) is 15.8. The topological polar surface area (TPSA) is 73.6 Å². The molecule has 3 N–H and O–H groups in total. The van der Waals surface area contributed by atoms with Crippen LogP contribution in [0.5, 0.6) is 11.5 Å². The largest absolute Gasteiger partial charge is 0.493 e. The van der Waals surface area contributed by atoms with Crippen molar-refractivity contribution in [2.45, 2.75) is 19.3 Å². The third-order valence-electron chi connectivity index (χ3n) is 3.64. The number of nitrogen functional groups attached to an aromatic ring is 1. The quantitative estimate of drug-likeness (QED) is 0.818. The van der Waals surface area contributed by atoms with Gasteiger partial charge in [-0.25, -0.2) is 0 Å². The number of carbonyl (C=O) groups excluding carboxylic acids is 1. The molecule has 116 valence electrons. The molecule has 2 rings (SSSR count). The maximum absolute atomic E-state index is 12.1. The van der Waals surface area contributed by atoms with Crippen molar-refractivity contribution >= 4 is 29.0 Å². The van der Waals surface area contributed by atoms with Gasteiger partial charge in [0.1, 0.15) is 0 Å². The zero-order valence-corrected chi connectivity index (χ0v) is 13.3. The van der Waals surface area contributed by atoms with Crippen LogP contribution in [0.2, 0.25) is 0 Å². The second kappa shape index (κ2) is 7.45. The number of hydrogen-bond acceptors (Lipinski definition) is 5. The summed E-state index contributed by atoms with van der Waals surface area (Å²) in [6.07, 6.45) is 2.77. The summed E-state index contributed by atoms with van der Waals surface area (Å²) < 4.78 is 10.4. The molecule has 0 unspecified atom stereocenters. The van der Waals surface area contributed by atoms with E-state index in [-0.39, 0.29) is 5.91 Å². The van der Waals surface area contributed by atoms with E-state index in [1.807, 2.05) is 11.8 Å². The average molecular weight is 310 g/mol. The fraction of sp³-hybridized carbons (Fsp3) is 0.533. The van der Waals surface area contributed by atoms with Crippen molar-refractivity contribution in [1.29, 1.82) is 0 Å². The average Bonchev–Trinajstić information content (AvgIpc) is 2.49. The molecule has 1 heterocycles. The molecule has 0 atom stereocenters. The van der Waals surface area contributed by atoms with Crippen LogP contribution in [0.4, 0.5) is 11.4 Å². The molecule has 5 nitrogen and oxygen atoms in total. The lowest BCUT2D eigenvalue weighted by molar-refractivity contribution is -0.117. The van der Waals surface area contributed by atoms with E-state index >= 15 is 0 Å². The first-order chi connectivity index (χ1) is 10.1. The molecule has 0 bridgehead atoms. The molecule has 21 heavy (non-hydrogen) atoms. The highest BCUT2D eigenvalue weighted by atomic mass is 32.2. The summed E-state index contributed by atoms with van der Waals surface area (Å²) in [6.45, 7) is 0. The number of benzene rings is 1. The summed E-state index contributed by atoms with van der Waals surface area (Å²) in [5.41, 5.74) is 6.99. The van der Waals surface area contributed by atoms with Crippen molar-refractivity contribution in [3.63, 3.8) is 0 Å². The van der Waals surface area contributed by atoms with E-state index in [4.69, 9.17) is 15.2 Å². The van der Waals surface area contributed by atoms with Crippen LogP contribution in [0, 0.1) is 5.92 Å². The predicted molar refractivity (Wildman–Crippen MR) is 87.3 cm³/mol. The van der Waals surface area contributed by atoms with Gasteiger partial charge in [-0.05, 0) is 30.3 Å². The van der Waals surface area contributed by atoms with E-state index < -0.39 is 0 Å². The molecular formula is C15H22N2O3S. The van der Waals surface area contributed by atoms with Crippen LogP contribution in [0.15, 0.2) is 12.1 Å². The van der Waals surface area contributed by atoms with E-state index in [2.05, 4.69) is 5.32 Å². The van der Waals surface area contributed by atoms with Crippen molar-refractivity contribution in [3.05, 3.63) is 12.1 Å². The number of rotatable bonds is 5. The molecule has 0 spiro atoms. The summed E-state index contributed by atoms with van der Waals surface area (Å²) in [7, 11) is 3.11. The Kier molecular flexibility index (Phi) is 5.61. The summed E-state index contributed by atoms with van der Waals surface area (Å²) in [5.74, 6) is 3.89. The van der Waals surface area contributed by atoms with E-state index in [0.29, 0.717) is 35.2 Å². The highest BCUT2D eigenvalue weighted by Gasteiger charge is 2.18. The van der Waals surface area contributed by atoms with Gasteiger partial charge in [0.25, 0.3) is 0 Å². The van der Waals surface area contributed by atoms with Crippen LogP contribution in [0.25, 0.3) is 0 Å². The number of nitrogens with one attached hydrogen (secondary N) is 1. The Morgan fingerprint density at radius 1 is 1.29 bits per heavy atom. The van der Waals surface area contributed by atoms with Crippen LogP contribution in [0.3, 0.4) is 0 Å². The molecule has 0 aliphatic carbocycles. The maximum atomic E-state index is 12.1. The van der Waals surface area contributed by atoms with Crippen molar-refractivity contribution in [3.8, 4) is 11.5 Å². The van der Waals surface area contributed by atoms with Crippen molar-refractivity contribution < 1.29 is 14.3 Å². The third kappa shape index (κ3) is 4.20. The van der Waals surface area contributed by atoms with Crippen molar-refractivity contribution in [1.82, 2.24) is 0 Å². The van der Waals surface area contributed by atoms with Gasteiger partial charge in [0, 0.05) is 18.6 Å². The van der Waals surface area contributed by atoms with Crippen LogP contribution in [-0.4, -0.2) is 31.6 Å². The summed E-state index contributed by atoms with van der Waals surface area (Å²) in [6, 6.07) is 3.36. The number of hydrogen-bond donors (Lipinski definition) is 2. The SMILES string of the molecule is COc1cc(N)c(NC(=O)CC2CCSCC2)cc1OC. The number of ether oxygens (including phenoxy) is 2. The number of methoxy groups -OCH3 is 2. The van der Waals surface area contributed by atoms with E-state index in [1.165, 1.54) is 0 Å². The van der Waals surface area contributed by atoms with Gasteiger partial charge in [0.05, 0.1) is 25.6 Å². The summed E-state index contributed by atoms with van der Waals surface area (Å²) in [4.78, 5) is 12.1. The standard InChI is InChI=1S/C15H22N2O3S/c1-19-13-8-11(16)12(9-14(13)20-2)17-15(18)7-10-3-5-21-6-4-10/h8-10H,3-7,16H2,1-2H3,(H,17,18).